The van der Waals surface area contributed by atoms with Crippen LogP contribution < -0.4 is 0 Å². The molecule has 0 aliphatic heterocycles. The molecule has 1 aliphatic rings. The van der Waals surface area contributed by atoms with Crippen molar-refractivity contribution in [3.8, 4) is 0 Å². The predicted molar refractivity (Wildman–Crippen MR) is 123 cm³/mol. The van der Waals surface area contributed by atoms with Gasteiger partial charge < -0.3 is 14.1 Å². The Kier molecular flexibility index (Phi) is 7.51. The van der Waals surface area contributed by atoms with E-state index in [1.165, 1.54) is 12.8 Å². The Morgan fingerprint density at radius 2 is 1.79 bits per heavy atom. The predicted octanol–water partition coefficient (Wildman–Crippen LogP) is 7.01. The summed E-state index contributed by atoms with van der Waals surface area (Å²) >= 11 is 6.45. The molecule has 0 radical (unpaired) electrons. The number of halogens is 1. The molecule has 0 heterocycles. The van der Waals surface area contributed by atoms with E-state index in [0.717, 1.165) is 17.7 Å². The van der Waals surface area contributed by atoms with Gasteiger partial charge in [-0.15, -0.1) is 0 Å². The Balaban J connectivity index is 2.12. The Labute approximate surface area is 183 Å². The lowest BCUT2D eigenvalue weighted by Crippen LogP contribution is -2.40. The van der Waals surface area contributed by atoms with E-state index in [2.05, 4.69) is 39.9 Å². The molecule has 0 saturated heterocycles. The molecule has 1 aliphatic carbocycles. The Morgan fingerprint density at radius 1 is 1.17 bits per heavy atom. The second kappa shape index (κ2) is 8.99. The van der Waals surface area contributed by atoms with Crippen molar-refractivity contribution in [2.45, 2.75) is 91.3 Å². The summed E-state index contributed by atoms with van der Waals surface area (Å²) in [5.41, 5.74) is 1.53. The molecule has 0 bridgehead atoms. The number of benzene rings is 1. The number of ether oxygens (including phenoxy) is 1. The number of hydrogen-bond donors (Lipinski definition) is 0. The van der Waals surface area contributed by atoms with E-state index >= 15 is 0 Å². The number of rotatable bonds is 7. The first-order chi connectivity index (χ1) is 13.2. The van der Waals surface area contributed by atoms with E-state index in [-0.39, 0.29) is 11.1 Å². The van der Waals surface area contributed by atoms with Crippen LogP contribution in [-0.2, 0) is 22.3 Å². The molecule has 1 saturated carbocycles. The average Bonchev–Trinajstić information content (AvgIpc) is 3.36. The lowest BCUT2D eigenvalue weighted by atomic mass is 10.1. The molecule has 6 heteroatoms. The van der Waals surface area contributed by atoms with Crippen molar-refractivity contribution in [1.82, 2.24) is 4.90 Å². The maximum Gasteiger partial charge on any atom is 0.410 e. The van der Waals surface area contributed by atoms with Crippen LogP contribution in [0.2, 0.25) is 23.2 Å². The first-order valence-electron chi connectivity index (χ1n) is 10.6. The summed E-state index contributed by atoms with van der Waals surface area (Å²) in [6, 6.07) is 5.97. The fourth-order valence-corrected chi connectivity index (χ4v) is 3.80. The second-order valence-corrected chi connectivity index (χ2v) is 16.0. The smallest absolute Gasteiger partial charge is 0.410 e. The first-order valence-corrected chi connectivity index (χ1v) is 13.9. The molecule has 164 valence electrons. The van der Waals surface area contributed by atoms with Gasteiger partial charge in [0.2, 0.25) is 0 Å². The summed E-state index contributed by atoms with van der Waals surface area (Å²) in [5.74, 6) is 0.594. The summed E-state index contributed by atoms with van der Waals surface area (Å²) in [7, 11) is -1.86. The van der Waals surface area contributed by atoms with E-state index in [9.17, 15) is 4.79 Å². The van der Waals surface area contributed by atoms with Crippen molar-refractivity contribution >= 4 is 26.0 Å². The maximum atomic E-state index is 12.7. The largest absolute Gasteiger partial charge is 0.444 e. The van der Waals surface area contributed by atoms with Crippen molar-refractivity contribution < 1.29 is 14.0 Å². The highest BCUT2D eigenvalue weighted by molar-refractivity contribution is 6.74. The van der Waals surface area contributed by atoms with E-state index < -0.39 is 13.9 Å². The molecule has 0 atom stereocenters. The minimum absolute atomic E-state index is 0.148. The van der Waals surface area contributed by atoms with Gasteiger partial charge in [-0.05, 0) is 74.9 Å². The summed E-state index contributed by atoms with van der Waals surface area (Å²) < 4.78 is 12.0. The summed E-state index contributed by atoms with van der Waals surface area (Å²) in [6.07, 6.45) is 2.12. The van der Waals surface area contributed by atoms with E-state index in [1.807, 2.05) is 37.8 Å². The van der Waals surface area contributed by atoms with Crippen LogP contribution >= 0.6 is 11.6 Å². The second-order valence-electron chi connectivity index (χ2n) is 10.8. The molecule has 1 fully saturated rings. The molecule has 0 unspecified atom stereocenters. The highest BCUT2D eigenvalue weighted by atomic mass is 35.5. The molecular formula is C23H38ClNO3Si. The standard InChI is InChI=1S/C23H38ClNO3Si/c1-22(2,3)28-21(26)25(14-17-9-10-17)15-18-11-12-20(24)19(13-18)16-27-29(7,8)23(4,5)6/h11-13,17H,9-10,14-16H2,1-8H3. The first kappa shape index (κ1) is 24.2. The van der Waals surface area contributed by atoms with E-state index in [4.69, 9.17) is 20.8 Å². The molecule has 1 aromatic carbocycles. The molecule has 0 N–H and O–H groups in total. The van der Waals surface area contributed by atoms with Crippen LogP contribution in [0.15, 0.2) is 18.2 Å². The zero-order valence-electron chi connectivity index (χ0n) is 19.4. The SMILES string of the molecule is CC(C)(C)OC(=O)N(Cc1ccc(Cl)c(CO[Si](C)(C)C(C)(C)C)c1)CC1CC1. The maximum absolute atomic E-state index is 12.7. The average molecular weight is 440 g/mol. The highest BCUT2D eigenvalue weighted by Crippen LogP contribution is 2.37. The normalized spacial score (nSPS) is 15.3. The van der Waals surface area contributed by atoms with Crippen molar-refractivity contribution in [1.29, 1.82) is 0 Å². The molecule has 1 aromatic rings. The zero-order chi connectivity index (χ0) is 22.0. The zero-order valence-corrected chi connectivity index (χ0v) is 21.2. The van der Waals surface area contributed by atoms with Crippen LogP contribution in [0, 0.1) is 5.92 Å². The van der Waals surface area contributed by atoms with Gasteiger partial charge in [-0.1, -0.05) is 44.5 Å². The third kappa shape index (κ3) is 7.61. The van der Waals surface area contributed by atoms with Gasteiger partial charge in [0.05, 0.1) is 6.61 Å². The van der Waals surface area contributed by atoms with Crippen LogP contribution in [-0.4, -0.2) is 31.5 Å². The number of carbonyl (C=O) groups is 1. The lowest BCUT2D eigenvalue weighted by molar-refractivity contribution is 0.0224. The third-order valence-electron chi connectivity index (χ3n) is 5.71. The third-order valence-corrected chi connectivity index (χ3v) is 10.6. The number of carbonyl (C=O) groups excluding carboxylic acids is 1. The van der Waals surface area contributed by atoms with Gasteiger partial charge in [-0.2, -0.15) is 0 Å². The highest BCUT2D eigenvalue weighted by Gasteiger charge is 2.37. The minimum Gasteiger partial charge on any atom is -0.444 e. The summed E-state index contributed by atoms with van der Waals surface area (Å²) in [5, 5.41) is 0.855. The molecular weight excluding hydrogens is 402 g/mol. The van der Waals surface area contributed by atoms with Gasteiger partial charge in [0.1, 0.15) is 5.60 Å². The lowest BCUT2D eigenvalue weighted by Gasteiger charge is -2.36. The Hall–Kier alpha value is -1.04. The number of amides is 1. The van der Waals surface area contributed by atoms with Gasteiger partial charge in [-0.3, -0.25) is 0 Å². The fraction of sp³-hybridized carbons (Fsp3) is 0.696. The summed E-state index contributed by atoms with van der Waals surface area (Å²) in [4.78, 5) is 14.5. The van der Waals surface area contributed by atoms with Crippen LogP contribution in [0.25, 0.3) is 0 Å². The number of nitrogens with zero attached hydrogens (tertiary/aromatic N) is 1. The molecule has 0 aromatic heterocycles. The van der Waals surface area contributed by atoms with E-state index in [1.54, 1.807) is 0 Å². The van der Waals surface area contributed by atoms with Crippen molar-refractivity contribution in [3.05, 3.63) is 34.3 Å². The van der Waals surface area contributed by atoms with Gasteiger partial charge in [-0.25, -0.2) is 4.79 Å². The minimum atomic E-state index is -1.86. The molecule has 4 nitrogen and oxygen atoms in total. The summed E-state index contributed by atoms with van der Waals surface area (Å²) in [6.45, 7) is 18.6. The van der Waals surface area contributed by atoms with Crippen LogP contribution in [0.3, 0.4) is 0 Å². The van der Waals surface area contributed by atoms with Crippen LogP contribution in [0.1, 0.15) is 65.5 Å². The van der Waals surface area contributed by atoms with E-state index in [0.29, 0.717) is 24.1 Å². The van der Waals surface area contributed by atoms with Crippen molar-refractivity contribution in [3.63, 3.8) is 0 Å². The molecule has 1 amide bonds. The quantitative estimate of drug-likeness (QED) is 0.429. The monoisotopic (exact) mass is 439 g/mol. The topological polar surface area (TPSA) is 38.8 Å². The van der Waals surface area contributed by atoms with Crippen molar-refractivity contribution in [2.24, 2.45) is 5.92 Å². The van der Waals surface area contributed by atoms with Crippen LogP contribution in [0.5, 0.6) is 0 Å². The van der Waals surface area contributed by atoms with Crippen molar-refractivity contribution in [2.75, 3.05) is 6.54 Å². The van der Waals surface area contributed by atoms with Gasteiger partial charge in [0, 0.05) is 18.1 Å². The van der Waals surface area contributed by atoms with Gasteiger partial charge >= 0.3 is 6.09 Å². The molecule has 0 spiro atoms. The van der Waals surface area contributed by atoms with Gasteiger partial charge in [0.25, 0.3) is 0 Å². The Bertz CT molecular complexity index is 718. The fourth-order valence-electron chi connectivity index (χ4n) is 2.67. The molecule has 29 heavy (non-hydrogen) atoms. The Morgan fingerprint density at radius 3 is 2.31 bits per heavy atom. The van der Waals surface area contributed by atoms with Gasteiger partial charge in [0.15, 0.2) is 8.32 Å². The van der Waals surface area contributed by atoms with Crippen LogP contribution in [0.4, 0.5) is 4.79 Å². The number of hydrogen-bond acceptors (Lipinski definition) is 3. The molecule has 2 rings (SSSR count).